The average Bonchev–Trinajstić information content (AvgIpc) is 3.32. The van der Waals surface area contributed by atoms with E-state index in [9.17, 15) is 9.59 Å². The third-order valence-corrected chi connectivity index (χ3v) is 6.00. The molecule has 4 rings (SSSR count). The summed E-state index contributed by atoms with van der Waals surface area (Å²) >= 11 is 0. The largest absolute Gasteiger partial charge is 0.355 e. The highest BCUT2D eigenvalue weighted by Gasteiger charge is 2.38. The van der Waals surface area contributed by atoms with Crippen LogP contribution >= 0.6 is 0 Å². The van der Waals surface area contributed by atoms with Crippen molar-refractivity contribution in [3.63, 3.8) is 0 Å². The fourth-order valence-electron chi connectivity index (χ4n) is 4.02. The van der Waals surface area contributed by atoms with Gasteiger partial charge in [-0.25, -0.2) is 4.98 Å². The second-order valence-corrected chi connectivity index (χ2v) is 8.09. The number of carbonyl (C=O) groups excluding carboxylic acids is 2. The van der Waals surface area contributed by atoms with E-state index in [4.69, 9.17) is 0 Å². The van der Waals surface area contributed by atoms with Gasteiger partial charge in [0.25, 0.3) is 0 Å². The molecule has 7 nitrogen and oxygen atoms in total. The van der Waals surface area contributed by atoms with Gasteiger partial charge in [-0.15, -0.1) is 0 Å². The zero-order chi connectivity index (χ0) is 19.7. The summed E-state index contributed by atoms with van der Waals surface area (Å²) in [6, 6.07) is 1.93. The van der Waals surface area contributed by atoms with Gasteiger partial charge in [-0.3, -0.25) is 14.6 Å². The number of aromatic nitrogens is 3. The minimum absolute atomic E-state index is 0.110. The number of nitrogens with one attached hydrogen (secondary N) is 1. The SMILES string of the molecule is Cc1ccncc1CC(=O)N1C[C@@H](CNC(=O)C2CC2)[C@H](c2cncn2C)C1. The van der Waals surface area contributed by atoms with E-state index in [-0.39, 0.29) is 29.6 Å². The van der Waals surface area contributed by atoms with Gasteiger partial charge in [-0.1, -0.05) is 0 Å². The van der Waals surface area contributed by atoms with Crippen LogP contribution in [-0.4, -0.2) is 50.9 Å². The Labute approximate surface area is 165 Å². The lowest BCUT2D eigenvalue weighted by Crippen LogP contribution is -2.34. The number of hydrogen-bond acceptors (Lipinski definition) is 4. The van der Waals surface area contributed by atoms with Crippen molar-refractivity contribution in [2.75, 3.05) is 19.6 Å². The quantitative estimate of drug-likeness (QED) is 0.821. The lowest BCUT2D eigenvalue weighted by molar-refractivity contribution is -0.129. The van der Waals surface area contributed by atoms with E-state index >= 15 is 0 Å². The van der Waals surface area contributed by atoms with Crippen LogP contribution in [0.15, 0.2) is 31.0 Å². The molecule has 2 aliphatic rings. The molecule has 2 aromatic rings. The third kappa shape index (κ3) is 3.93. The van der Waals surface area contributed by atoms with Crippen LogP contribution in [0.3, 0.4) is 0 Å². The molecular formula is C21H27N5O2. The smallest absolute Gasteiger partial charge is 0.227 e. The van der Waals surface area contributed by atoms with Crippen molar-refractivity contribution in [1.29, 1.82) is 0 Å². The Bertz CT molecular complexity index is 873. The van der Waals surface area contributed by atoms with Gasteiger partial charge in [0.1, 0.15) is 0 Å². The first kappa shape index (κ1) is 18.7. The highest BCUT2D eigenvalue weighted by Crippen LogP contribution is 2.33. The number of pyridine rings is 1. The van der Waals surface area contributed by atoms with Crippen molar-refractivity contribution >= 4 is 11.8 Å². The molecule has 2 aromatic heterocycles. The molecule has 148 valence electrons. The Kier molecular flexibility index (Phi) is 5.15. The molecule has 0 unspecified atom stereocenters. The first-order valence-corrected chi connectivity index (χ1v) is 9.94. The molecule has 1 saturated heterocycles. The summed E-state index contributed by atoms with van der Waals surface area (Å²) in [6.07, 6.45) is 9.54. The maximum absolute atomic E-state index is 13.0. The molecule has 0 aromatic carbocycles. The van der Waals surface area contributed by atoms with Crippen LogP contribution in [0.5, 0.6) is 0 Å². The first-order chi connectivity index (χ1) is 13.5. The minimum atomic E-state index is 0.110. The molecule has 0 radical (unpaired) electrons. The Morgan fingerprint density at radius 2 is 2.04 bits per heavy atom. The lowest BCUT2D eigenvalue weighted by atomic mass is 9.93. The van der Waals surface area contributed by atoms with Crippen LogP contribution in [0, 0.1) is 18.8 Å². The zero-order valence-corrected chi connectivity index (χ0v) is 16.5. The Hall–Kier alpha value is -2.70. The van der Waals surface area contributed by atoms with Crippen molar-refractivity contribution in [1.82, 2.24) is 24.8 Å². The minimum Gasteiger partial charge on any atom is -0.355 e. The molecule has 28 heavy (non-hydrogen) atoms. The molecule has 3 heterocycles. The second-order valence-electron chi connectivity index (χ2n) is 8.09. The van der Waals surface area contributed by atoms with Crippen LogP contribution in [0.1, 0.15) is 35.6 Å². The van der Waals surface area contributed by atoms with Gasteiger partial charge >= 0.3 is 0 Å². The summed E-state index contributed by atoms with van der Waals surface area (Å²) < 4.78 is 2.01. The molecule has 2 atom stereocenters. The molecular weight excluding hydrogens is 354 g/mol. The van der Waals surface area contributed by atoms with Gasteiger partial charge in [0.2, 0.25) is 11.8 Å². The summed E-state index contributed by atoms with van der Waals surface area (Å²) in [5.74, 6) is 0.824. The highest BCUT2D eigenvalue weighted by atomic mass is 16.2. The summed E-state index contributed by atoms with van der Waals surface area (Å²) in [5.41, 5.74) is 3.16. The van der Waals surface area contributed by atoms with Crippen LogP contribution in [0.2, 0.25) is 0 Å². The van der Waals surface area contributed by atoms with Crippen molar-refractivity contribution in [3.8, 4) is 0 Å². The topological polar surface area (TPSA) is 80.1 Å². The molecule has 1 aliphatic carbocycles. The normalized spacial score (nSPS) is 21.7. The highest BCUT2D eigenvalue weighted by molar-refractivity contribution is 5.81. The van der Waals surface area contributed by atoms with E-state index in [0.717, 1.165) is 29.7 Å². The number of amides is 2. The zero-order valence-electron chi connectivity index (χ0n) is 16.5. The molecule has 1 aliphatic heterocycles. The van der Waals surface area contributed by atoms with Crippen molar-refractivity contribution in [2.24, 2.45) is 18.9 Å². The van der Waals surface area contributed by atoms with Gasteiger partial charge in [-0.2, -0.15) is 0 Å². The predicted octanol–water partition coefficient (Wildman–Crippen LogP) is 1.43. The predicted molar refractivity (Wildman–Crippen MR) is 104 cm³/mol. The Balaban J connectivity index is 1.46. The molecule has 1 saturated carbocycles. The number of carbonyl (C=O) groups is 2. The fraction of sp³-hybridized carbons (Fsp3) is 0.524. The third-order valence-electron chi connectivity index (χ3n) is 6.00. The summed E-state index contributed by atoms with van der Waals surface area (Å²) in [6.45, 7) is 3.91. The number of nitrogens with zero attached hydrogens (tertiary/aromatic N) is 4. The molecule has 2 amide bonds. The molecule has 2 fully saturated rings. The van der Waals surface area contributed by atoms with Crippen molar-refractivity contribution in [2.45, 2.75) is 32.1 Å². The van der Waals surface area contributed by atoms with E-state index in [1.165, 1.54) is 0 Å². The maximum atomic E-state index is 13.0. The Morgan fingerprint density at radius 3 is 2.71 bits per heavy atom. The standard InChI is InChI=1S/C21H27N5O2/c1-14-5-6-22-8-16(14)7-20(27)26-11-17(9-24-21(28)15-3-4-15)18(12-26)19-10-23-13-25(19)2/h5-6,8,10,13,15,17-18H,3-4,7,9,11-12H2,1-2H3,(H,24,28)/t17-,18-/m1/s1. The fourth-order valence-corrected chi connectivity index (χ4v) is 4.02. The molecule has 0 bridgehead atoms. The van der Waals surface area contributed by atoms with Gasteiger partial charge in [0.15, 0.2) is 0 Å². The molecule has 0 spiro atoms. The summed E-state index contributed by atoms with van der Waals surface area (Å²) in [4.78, 5) is 35.4. The van der Waals surface area contributed by atoms with E-state index < -0.39 is 0 Å². The lowest BCUT2D eigenvalue weighted by Gasteiger charge is -2.18. The van der Waals surface area contributed by atoms with Crippen LogP contribution in [0.4, 0.5) is 0 Å². The van der Waals surface area contributed by atoms with E-state index in [0.29, 0.717) is 26.1 Å². The van der Waals surface area contributed by atoms with E-state index in [1.807, 2.05) is 35.7 Å². The van der Waals surface area contributed by atoms with E-state index in [1.54, 1.807) is 18.7 Å². The van der Waals surface area contributed by atoms with Crippen LogP contribution in [-0.2, 0) is 23.1 Å². The monoisotopic (exact) mass is 381 g/mol. The molecule has 1 N–H and O–H groups in total. The Morgan fingerprint density at radius 1 is 1.21 bits per heavy atom. The number of aryl methyl sites for hydroxylation is 2. The van der Waals surface area contributed by atoms with E-state index in [2.05, 4.69) is 15.3 Å². The van der Waals surface area contributed by atoms with Crippen LogP contribution < -0.4 is 5.32 Å². The summed E-state index contributed by atoms with van der Waals surface area (Å²) in [7, 11) is 1.98. The number of likely N-dealkylation sites (tertiary alicyclic amines) is 1. The second kappa shape index (κ2) is 7.73. The van der Waals surface area contributed by atoms with Gasteiger partial charge in [-0.05, 0) is 37.0 Å². The van der Waals surface area contributed by atoms with Gasteiger partial charge in [0, 0.05) is 68.7 Å². The number of imidazole rings is 1. The average molecular weight is 381 g/mol. The van der Waals surface area contributed by atoms with Gasteiger partial charge in [0.05, 0.1) is 12.7 Å². The number of hydrogen-bond donors (Lipinski definition) is 1. The summed E-state index contributed by atoms with van der Waals surface area (Å²) in [5, 5.41) is 3.10. The molecule has 7 heteroatoms. The van der Waals surface area contributed by atoms with Crippen molar-refractivity contribution in [3.05, 3.63) is 47.8 Å². The van der Waals surface area contributed by atoms with Crippen molar-refractivity contribution < 1.29 is 9.59 Å². The maximum Gasteiger partial charge on any atom is 0.227 e. The van der Waals surface area contributed by atoms with Crippen LogP contribution in [0.25, 0.3) is 0 Å². The first-order valence-electron chi connectivity index (χ1n) is 9.94. The number of rotatable bonds is 6. The van der Waals surface area contributed by atoms with Gasteiger partial charge < -0.3 is 14.8 Å².